The van der Waals surface area contributed by atoms with Crippen molar-refractivity contribution in [2.24, 2.45) is 5.92 Å². The average Bonchev–Trinajstić information content (AvgIpc) is 2.11. The van der Waals surface area contributed by atoms with E-state index in [1.54, 1.807) is 0 Å². The van der Waals surface area contributed by atoms with Crippen molar-refractivity contribution < 1.29 is 22.0 Å². The summed E-state index contributed by atoms with van der Waals surface area (Å²) in [6.07, 6.45) is -2.56. The van der Waals surface area contributed by atoms with Crippen LogP contribution >= 0.6 is 0 Å². The Morgan fingerprint density at radius 2 is 1.50 bits per heavy atom. The van der Waals surface area contributed by atoms with Gasteiger partial charge >= 0.3 is 0 Å². The summed E-state index contributed by atoms with van der Waals surface area (Å²) in [6.45, 7) is 1.18. The van der Waals surface area contributed by atoms with Crippen LogP contribution in [0.3, 0.4) is 0 Å². The Bertz CT molecular complexity index is 307. The predicted molar refractivity (Wildman–Crippen MR) is 42.0 cm³/mol. The molecule has 1 aliphatic rings. The molecule has 3 unspecified atom stereocenters. The fraction of sp³-hybridized carbons (Fsp3) is 0.500. The summed E-state index contributed by atoms with van der Waals surface area (Å²) < 4.78 is 63.6. The Balaban J connectivity index is 3.19. The topological polar surface area (TPSA) is 0 Å². The van der Waals surface area contributed by atoms with Crippen molar-refractivity contribution in [1.82, 2.24) is 0 Å². The Morgan fingerprint density at radius 3 is 1.93 bits per heavy atom. The molecule has 3 atom stereocenters. The highest BCUT2D eigenvalue weighted by Gasteiger charge is 2.41. The van der Waals surface area contributed by atoms with Crippen molar-refractivity contribution in [2.45, 2.75) is 18.9 Å². The van der Waals surface area contributed by atoms with Crippen LogP contribution in [0, 0.1) is 5.92 Å². The van der Waals surface area contributed by atoms with Crippen LogP contribution < -0.4 is 0 Å². The number of hydrogen-bond acceptors (Lipinski definition) is 0. The van der Waals surface area contributed by atoms with E-state index in [0.29, 0.717) is 0 Å². The summed E-state index contributed by atoms with van der Waals surface area (Å²) in [7, 11) is 5.13. The molecule has 1 rings (SSSR count). The quantitative estimate of drug-likeness (QED) is 0.458. The molecule has 6 heteroatoms. The Morgan fingerprint density at radius 1 is 1.07 bits per heavy atom. The number of rotatable bonds is 1. The molecule has 0 aromatic heterocycles. The lowest BCUT2D eigenvalue weighted by molar-refractivity contribution is 0.201. The van der Waals surface area contributed by atoms with E-state index >= 15 is 0 Å². The lowest BCUT2D eigenvalue weighted by Crippen LogP contribution is -2.26. The number of hydrogen-bond donors (Lipinski definition) is 0. The molecule has 1 aliphatic carbocycles. The van der Waals surface area contributed by atoms with Gasteiger partial charge in [0.15, 0.2) is 23.7 Å². The molecule has 0 aromatic carbocycles. The third-order valence-corrected chi connectivity index (χ3v) is 2.03. The minimum absolute atomic E-state index is 1.14. The van der Waals surface area contributed by atoms with Gasteiger partial charge in [-0.15, -0.1) is 0 Å². The number of halogens is 5. The lowest BCUT2D eigenvalue weighted by Gasteiger charge is -2.25. The zero-order chi connectivity index (χ0) is 11.0. The summed E-state index contributed by atoms with van der Waals surface area (Å²) in [4.78, 5) is 0. The van der Waals surface area contributed by atoms with E-state index in [1.807, 2.05) is 0 Å². The van der Waals surface area contributed by atoms with E-state index < -0.39 is 41.2 Å². The van der Waals surface area contributed by atoms with Crippen LogP contribution in [0.15, 0.2) is 23.3 Å². The van der Waals surface area contributed by atoms with Crippen LogP contribution in [0.1, 0.15) is 6.92 Å². The first-order valence-electron chi connectivity index (χ1n) is 3.88. The van der Waals surface area contributed by atoms with Gasteiger partial charge < -0.3 is 0 Å². The first-order chi connectivity index (χ1) is 6.37. The zero-order valence-electron chi connectivity index (χ0n) is 7.20. The minimum Gasteiger partial charge on any atom is -0.239 e. The van der Waals surface area contributed by atoms with Gasteiger partial charge in [-0.1, -0.05) is 12.7 Å². The first-order valence-corrected chi connectivity index (χ1v) is 3.88. The Kier molecular flexibility index (Phi) is 3.02. The Hall–Kier alpha value is -0.805. The molecule has 0 saturated carbocycles. The summed E-state index contributed by atoms with van der Waals surface area (Å²) in [5, 5.41) is 0. The van der Waals surface area contributed by atoms with Crippen LogP contribution in [0.4, 0.5) is 22.0 Å². The average molecular weight is 208 g/mol. The van der Waals surface area contributed by atoms with E-state index in [9.17, 15) is 22.0 Å². The molecule has 14 heavy (non-hydrogen) atoms. The molecule has 0 saturated heterocycles. The third-order valence-electron chi connectivity index (χ3n) is 2.03. The molecule has 0 aromatic rings. The van der Waals surface area contributed by atoms with Crippen LogP contribution in [-0.4, -0.2) is 14.0 Å². The highest BCUT2D eigenvalue weighted by Crippen LogP contribution is 2.43. The van der Waals surface area contributed by atoms with Gasteiger partial charge in [0.1, 0.15) is 5.83 Å². The largest absolute Gasteiger partial charge is 0.239 e. The molecule has 0 N–H and O–H groups in total. The number of allylic oxidation sites excluding steroid dienone is 4. The molecule has 0 bridgehead atoms. The fourth-order valence-corrected chi connectivity index (χ4v) is 1.26. The van der Waals surface area contributed by atoms with Gasteiger partial charge in [0.2, 0.25) is 0 Å². The highest BCUT2D eigenvalue weighted by molar-refractivity contribution is 6.11. The second-order valence-electron chi connectivity index (χ2n) is 3.11. The van der Waals surface area contributed by atoms with E-state index in [-0.39, 0.29) is 0 Å². The van der Waals surface area contributed by atoms with Gasteiger partial charge in [-0.3, -0.25) is 0 Å². The fourth-order valence-electron chi connectivity index (χ4n) is 1.26. The summed E-state index contributed by atoms with van der Waals surface area (Å²) >= 11 is 0. The maximum Gasteiger partial charge on any atom is 0.195 e. The van der Waals surface area contributed by atoms with Gasteiger partial charge in [0.25, 0.3) is 0 Å². The van der Waals surface area contributed by atoms with Crippen LogP contribution in [-0.2, 0) is 0 Å². The predicted octanol–water partition coefficient (Wildman–Crippen LogP) is 3.23. The second kappa shape index (κ2) is 3.75. The normalized spacial score (nSPS) is 31.0. The smallest absolute Gasteiger partial charge is 0.195 e. The second-order valence-corrected chi connectivity index (χ2v) is 3.11. The van der Waals surface area contributed by atoms with Crippen molar-refractivity contribution >= 4 is 7.85 Å². The molecule has 76 valence electrons. The van der Waals surface area contributed by atoms with Crippen molar-refractivity contribution in [1.29, 1.82) is 0 Å². The van der Waals surface area contributed by atoms with Gasteiger partial charge in [-0.05, 0) is 0 Å². The highest BCUT2D eigenvalue weighted by atomic mass is 19.2. The van der Waals surface area contributed by atoms with Crippen molar-refractivity contribution in [2.75, 3.05) is 0 Å². The lowest BCUT2D eigenvalue weighted by atomic mass is 9.73. The van der Waals surface area contributed by atoms with Crippen LogP contribution in [0.2, 0.25) is 5.82 Å². The van der Waals surface area contributed by atoms with Crippen molar-refractivity contribution in [3.63, 3.8) is 0 Å². The molecule has 0 fully saturated rings. The van der Waals surface area contributed by atoms with Gasteiger partial charge in [-0.2, -0.15) is 0 Å². The van der Waals surface area contributed by atoms with Crippen molar-refractivity contribution in [3.8, 4) is 0 Å². The van der Waals surface area contributed by atoms with E-state index in [4.69, 9.17) is 7.85 Å². The zero-order valence-corrected chi connectivity index (χ0v) is 7.20. The molecule has 0 aliphatic heterocycles. The monoisotopic (exact) mass is 208 g/mol. The van der Waals surface area contributed by atoms with Gasteiger partial charge in [0, 0.05) is 5.92 Å². The SMILES string of the molecule is [B]C(C)C1C(F)=C(F)C(F)=C(F)C1F. The molecule has 0 heterocycles. The van der Waals surface area contributed by atoms with E-state index in [0.717, 1.165) is 0 Å². The van der Waals surface area contributed by atoms with Crippen LogP contribution in [0.5, 0.6) is 0 Å². The standard InChI is InChI=1S/C8H6BF5/c1-2(9)3-4(10)6(12)8(14)7(13)5(3)11/h2-4H,1H3. The summed E-state index contributed by atoms with van der Waals surface area (Å²) in [6, 6.07) is 0. The maximum atomic E-state index is 13.0. The van der Waals surface area contributed by atoms with E-state index in [1.165, 1.54) is 6.92 Å². The molecule has 0 amide bonds. The Labute approximate surface area is 78.9 Å². The van der Waals surface area contributed by atoms with E-state index in [2.05, 4.69) is 0 Å². The summed E-state index contributed by atoms with van der Waals surface area (Å²) in [5.41, 5.74) is 0. The van der Waals surface area contributed by atoms with Gasteiger partial charge in [-0.25, -0.2) is 22.0 Å². The first kappa shape index (κ1) is 11.3. The third kappa shape index (κ3) is 1.57. The molecular formula is C8H6BF5. The molecule has 2 radical (unpaired) electrons. The van der Waals surface area contributed by atoms with Gasteiger partial charge in [0.05, 0.1) is 7.85 Å². The minimum atomic E-state index is -2.56. The number of alkyl halides is 1. The van der Waals surface area contributed by atoms with Crippen LogP contribution in [0.25, 0.3) is 0 Å². The van der Waals surface area contributed by atoms with Crippen molar-refractivity contribution in [3.05, 3.63) is 23.3 Å². The molecular weight excluding hydrogens is 202 g/mol. The molecule has 0 spiro atoms. The summed E-state index contributed by atoms with van der Waals surface area (Å²) in [5.74, 6) is -10.7. The molecule has 0 nitrogen and oxygen atoms in total. The maximum absolute atomic E-state index is 13.0.